The van der Waals surface area contributed by atoms with Gasteiger partial charge in [0.1, 0.15) is 23.5 Å². The van der Waals surface area contributed by atoms with E-state index >= 15 is 4.39 Å². The van der Waals surface area contributed by atoms with Gasteiger partial charge in [0.25, 0.3) is 0 Å². The van der Waals surface area contributed by atoms with E-state index in [1.54, 1.807) is 42.0 Å². The Kier molecular flexibility index (Phi) is 8.16. The second kappa shape index (κ2) is 11.2. The third-order valence-electron chi connectivity index (χ3n) is 6.26. The summed E-state index contributed by atoms with van der Waals surface area (Å²) in [6, 6.07) is 9.08. The molecule has 0 radical (unpaired) electrons. The van der Waals surface area contributed by atoms with Crippen LogP contribution in [-0.4, -0.2) is 66.3 Å². The highest BCUT2D eigenvalue weighted by Gasteiger charge is 2.37. The molecule has 1 amide bonds. The first-order valence-electron chi connectivity index (χ1n) is 12.4. The summed E-state index contributed by atoms with van der Waals surface area (Å²) in [5.41, 5.74) is 1.15. The van der Waals surface area contributed by atoms with E-state index in [0.717, 1.165) is 6.04 Å². The van der Waals surface area contributed by atoms with Crippen LogP contribution in [-0.2, 0) is 26.5 Å². The van der Waals surface area contributed by atoms with Crippen LogP contribution in [0.2, 0.25) is 25.7 Å². The molecule has 4 rings (SSSR count). The van der Waals surface area contributed by atoms with E-state index in [9.17, 15) is 15.1 Å². The van der Waals surface area contributed by atoms with Gasteiger partial charge in [-0.1, -0.05) is 49.1 Å². The number of aromatic nitrogens is 2. The number of halogens is 1. The minimum Gasteiger partial charge on any atom is -0.450 e. The highest BCUT2D eigenvalue weighted by molar-refractivity contribution is 6.76. The molecule has 0 spiro atoms. The number of ether oxygens (including phenoxy) is 3. The first kappa shape index (κ1) is 27.7. The zero-order valence-corrected chi connectivity index (χ0v) is 23.0. The molecule has 0 bridgehead atoms. The minimum atomic E-state index is -1.31. The van der Waals surface area contributed by atoms with Gasteiger partial charge in [-0.2, -0.15) is 0 Å². The SMILES string of the molecule is CCOC(=O)N/C(=N\O)c1cn(COCC[Si](C)(C)C)c2cc(F)c(-c3ccc(C4(O)COC4)cc3)nc12. The van der Waals surface area contributed by atoms with E-state index in [-0.39, 0.29) is 43.6 Å². The average molecular weight is 545 g/mol. The molecule has 12 heteroatoms. The summed E-state index contributed by atoms with van der Waals surface area (Å²) >= 11 is 0. The van der Waals surface area contributed by atoms with Crippen LogP contribution in [0.5, 0.6) is 0 Å². The Labute approximate surface area is 221 Å². The number of oxime groups is 1. The van der Waals surface area contributed by atoms with Gasteiger partial charge in [-0.05, 0) is 18.5 Å². The third kappa shape index (κ3) is 6.04. The van der Waals surface area contributed by atoms with Crippen LogP contribution >= 0.6 is 0 Å². The molecule has 10 nitrogen and oxygen atoms in total. The van der Waals surface area contributed by atoms with E-state index < -0.39 is 25.6 Å². The van der Waals surface area contributed by atoms with Crippen LogP contribution in [0.1, 0.15) is 18.1 Å². The molecule has 3 aromatic rings. The molecule has 0 unspecified atom stereocenters. The standard InChI is InChI=1S/C26H33FN4O6Si/c1-5-37-25(32)29-24(30-34)19-13-31(16-35-10-11-38(2,3)4)21-12-20(27)22(28-23(19)21)17-6-8-18(9-7-17)26(33)14-36-15-26/h6-9,12-13,33-34H,5,10-11,14-16H2,1-4H3,(H,29,30,32). The number of amidine groups is 1. The molecule has 38 heavy (non-hydrogen) atoms. The van der Waals surface area contributed by atoms with Crippen molar-refractivity contribution in [3.05, 3.63) is 53.5 Å². The maximum absolute atomic E-state index is 15.4. The van der Waals surface area contributed by atoms with Crippen molar-refractivity contribution in [2.45, 2.75) is 44.9 Å². The van der Waals surface area contributed by atoms with Crippen LogP contribution in [0.3, 0.4) is 0 Å². The molecule has 3 heterocycles. The number of nitrogens with zero attached hydrogens (tertiary/aromatic N) is 3. The topological polar surface area (TPSA) is 127 Å². The predicted molar refractivity (Wildman–Crippen MR) is 142 cm³/mol. The minimum absolute atomic E-state index is 0.0629. The molecule has 1 aliphatic rings. The molecular weight excluding hydrogens is 511 g/mol. The van der Waals surface area contributed by atoms with Gasteiger partial charge < -0.3 is 29.1 Å². The van der Waals surface area contributed by atoms with Gasteiger partial charge in [-0.3, -0.25) is 5.32 Å². The summed E-state index contributed by atoms with van der Waals surface area (Å²) in [6.45, 7) is 9.60. The van der Waals surface area contributed by atoms with Crippen molar-refractivity contribution in [1.82, 2.24) is 14.9 Å². The molecule has 1 aliphatic heterocycles. The van der Waals surface area contributed by atoms with E-state index in [1.165, 1.54) is 6.07 Å². The summed E-state index contributed by atoms with van der Waals surface area (Å²) in [5, 5.41) is 25.8. The molecular formula is C26H33FN4O6Si. The summed E-state index contributed by atoms with van der Waals surface area (Å²) in [5.74, 6) is -0.758. The van der Waals surface area contributed by atoms with Gasteiger partial charge in [-0.15, -0.1) is 0 Å². The maximum atomic E-state index is 15.4. The number of hydrogen-bond donors (Lipinski definition) is 3. The summed E-state index contributed by atoms with van der Waals surface area (Å²) in [6.07, 6.45) is 0.787. The Bertz CT molecular complexity index is 1330. The number of rotatable bonds is 9. The Morgan fingerprint density at radius 3 is 2.58 bits per heavy atom. The summed E-state index contributed by atoms with van der Waals surface area (Å²) in [4.78, 5) is 16.6. The quantitative estimate of drug-likeness (QED) is 0.0918. The maximum Gasteiger partial charge on any atom is 0.412 e. The lowest BCUT2D eigenvalue weighted by molar-refractivity contribution is -0.184. The van der Waals surface area contributed by atoms with Crippen molar-refractivity contribution in [3.63, 3.8) is 0 Å². The Morgan fingerprint density at radius 2 is 2.00 bits per heavy atom. The van der Waals surface area contributed by atoms with E-state index in [2.05, 4.69) is 35.1 Å². The van der Waals surface area contributed by atoms with Crippen LogP contribution in [0.15, 0.2) is 41.7 Å². The van der Waals surface area contributed by atoms with Crippen molar-refractivity contribution in [3.8, 4) is 11.3 Å². The van der Waals surface area contributed by atoms with E-state index in [0.29, 0.717) is 28.8 Å². The van der Waals surface area contributed by atoms with Crippen LogP contribution < -0.4 is 5.32 Å². The number of alkyl carbamates (subject to hydrolysis) is 1. The number of amides is 1. The van der Waals surface area contributed by atoms with Gasteiger partial charge in [0.15, 0.2) is 11.7 Å². The molecule has 0 saturated carbocycles. The molecule has 1 aromatic carbocycles. The lowest BCUT2D eigenvalue weighted by atomic mass is 9.91. The predicted octanol–water partition coefficient (Wildman–Crippen LogP) is 4.25. The number of carbonyl (C=O) groups excluding carboxylic acids is 1. The number of benzene rings is 1. The van der Waals surface area contributed by atoms with Gasteiger partial charge in [0.05, 0.1) is 30.9 Å². The van der Waals surface area contributed by atoms with Gasteiger partial charge in [-0.25, -0.2) is 14.2 Å². The largest absolute Gasteiger partial charge is 0.450 e. The molecule has 3 N–H and O–H groups in total. The molecule has 1 saturated heterocycles. The average Bonchev–Trinajstić information content (AvgIpc) is 3.20. The highest BCUT2D eigenvalue weighted by Crippen LogP contribution is 2.32. The molecule has 2 aromatic heterocycles. The lowest BCUT2D eigenvalue weighted by Crippen LogP contribution is -2.46. The first-order valence-corrected chi connectivity index (χ1v) is 16.1. The number of aliphatic hydroxyl groups is 1. The number of carbonyl (C=O) groups is 1. The van der Waals surface area contributed by atoms with Gasteiger partial charge in [0.2, 0.25) is 0 Å². The zero-order valence-electron chi connectivity index (χ0n) is 22.0. The van der Waals surface area contributed by atoms with Gasteiger partial charge in [0, 0.05) is 32.5 Å². The molecule has 1 fully saturated rings. The van der Waals surface area contributed by atoms with Crippen molar-refractivity contribution >= 4 is 31.0 Å². The smallest absolute Gasteiger partial charge is 0.412 e. The second-order valence-corrected chi connectivity index (χ2v) is 16.1. The fourth-order valence-electron chi connectivity index (χ4n) is 4.02. The number of pyridine rings is 1. The molecule has 0 atom stereocenters. The monoisotopic (exact) mass is 544 g/mol. The molecule has 0 aliphatic carbocycles. The highest BCUT2D eigenvalue weighted by atomic mass is 28.3. The van der Waals surface area contributed by atoms with Crippen molar-refractivity contribution in [2.75, 3.05) is 26.4 Å². The van der Waals surface area contributed by atoms with Crippen LogP contribution in [0.4, 0.5) is 9.18 Å². The number of nitrogens with one attached hydrogen (secondary N) is 1. The van der Waals surface area contributed by atoms with Crippen molar-refractivity contribution < 1.29 is 33.7 Å². The number of fused-ring (bicyclic) bond motifs is 1. The van der Waals surface area contributed by atoms with E-state index in [4.69, 9.17) is 14.2 Å². The van der Waals surface area contributed by atoms with Gasteiger partial charge >= 0.3 is 6.09 Å². The summed E-state index contributed by atoms with van der Waals surface area (Å²) in [7, 11) is -1.31. The lowest BCUT2D eigenvalue weighted by Gasteiger charge is -2.36. The summed E-state index contributed by atoms with van der Waals surface area (Å²) < 4.78 is 32.9. The first-order chi connectivity index (χ1) is 18.0. The van der Waals surface area contributed by atoms with E-state index in [1.807, 2.05) is 0 Å². The Balaban J connectivity index is 1.72. The number of hydrogen-bond acceptors (Lipinski definition) is 8. The fraction of sp³-hybridized carbons (Fsp3) is 0.423. The second-order valence-electron chi connectivity index (χ2n) is 10.4. The van der Waals surface area contributed by atoms with Crippen molar-refractivity contribution in [2.24, 2.45) is 5.16 Å². The Morgan fingerprint density at radius 1 is 1.29 bits per heavy atom. The van der Waals surface area contributed by atoms with Crippen molar-refractivity contribution in [1.29, 1.82) is 0 Å². The van der Waals surface area contributed by atoms with Crippen LogP contribution in [0, 0.1) is 5.82 Å². The zero-order chi connectivity index (χ0) is 27.5. The normalized spacial score (nSPS) is 15.4. The fourth-order valence-corrected chi connectivity index (χ4v) is 4.77. The third-order valence-corrected chi connectivity index (χ3v) is 7.96. The Hall–Kier alpha value is -3.32. The van der Waals surface area contributed by atoms with Crippen LogP contribution in [0.25, 0.3) is 22.3 Å². The molecule has 204 valence electrons.